The van der Waals surface area contributed by atoms with Crippen molar-refractivity contribution in [1.29, 1.82) is 5.41 Å². The van der Waals surface area contributed by atoms with Crippen LogP contribution in [0.1, 0.15) is 39.0 Å². The predicted octanol–water partition coefficient (Wildman–Crippen LogP) is 1.29. The van der Waals surface area contributed by atoms with E-state index in [4.69, 9.17) is 11.1 Å². The van der Waals surface area contributed by atoms with E-state index >= 15 is 0 Å². The van der Waals surface area contributed by atoms with E-state index in [2.05, 4.69) is 5.32 Å². The zero-order chi connectivity index (χ0) is 12.5. The summed E-state index contributed by atoms with van der Waals surface area (Å²) in [6.45, 7) is 3.42. The maximum Gasteiger partial charge on any atom is 0.317 e. The molecule has 1 saturated heterocycles. The fraction of sp³-hybridized carbons (Fsp3) is 0.833. The molecule has 0 unspecified atom stereocenters. The summed E-state index contributed by atoms with van der Waals surface area (Å²) in [6, 6.07) is 0.448. The van der Waals surface area contributed by atoms with Crippen molar-refractivity contribution in [3.05, 3.63) is 0 Å². The van der Waals surface area contributed by atoms with E-state index in [0.29, 0.717) is 19.1 Å². The van der Waals surface area contributed by atoms with Gasteiger partial charge in [0.05, 0.1) is 5.84 Å². The largest absolute Gasteiger partial charge is 0.387 e. The lowest BCUT2D eigenvalue weighted by molar-refractivity contribution is 0.152. The molecule has 17 heavy (non-hydrogen) atoms. The number of carbonyl (C=O) groups excluding carboxylic acids is 1. The molecule has 5 nitrogen and oxygen atoms in total. The van der Waals surface area contributed by atoms with Gasteiger partial charge < -0.3 is 16.0 Å². The Labute approximate surface area is 102 Å². The van der Waals surface area contributed by atoms with Gasteiger partial charge in [0.1, 0.15) is 0 Å². The number of nitrogens with two attached hydrogens (primary N) is 1. The van der Waals surface area contributed by atoms with Gasteiger partial charge in [-0.1, -0.05) is 6.92 Å². The van der Waals surface area contributed by atoms with E-state index in [-0.39, 0.29) is 17.3 Å². The molecule has 0 aromatic heterocycles. The van der Waals surface area contributed by atoms with Crippen molar-refractivity contribution in [2.75, 3.05) is 13.1 Å². The first-order valence-electron chi connectivity index (χ1n) is 6.41. The number of rotatable bonds is 2. The van der Waals surface area contributed by atoms with E-state index in [1.165, 1.54) is 6.42 Å². The van der Waals surface area contributed by atoms with Crippen molar-refractivity contribution >= 4 is 11.9 Å². The molecule has 4 N–H and O–H groups in total. The van der Waals surface area contributed by atoms with Crippen LogP contribution >= 0.6 is 0 Å². The summed E-state index contributed by atoms with van der Waals surface area (Å²) in [5.41, 5.74) is 5.38. The molecule has 1 heterocycles. The Hall–Kier alpha value is -1.26. The summed E-state index contributed by atoms with van der Waals surface area (Å²) in [5.74, 6) is 0.247. The Kier molecular flexibility index (Phi) is 3.26. The van der Waals surface area contributed by atoms with Gasteiger partial charge in [0, 0.05) is 24.5 Å². The van der Waals surface area contributed by atoms with E-state index in [9.17, 15) is 4.79 Å². The normalized spacial score (nSPS) is 23.9. The molecule has 0 spiro atoms. The lowest BCUT2D eigenvalue weighted by Gasteiger charge is -2.39. The van der Waals surface area contributed by atoms with Gasteiger partial charge in [0.25, 0.3) is 0 Å². The zero-order valence-corrected chi connectivity index (χ0v) is 10.5. The molecule has 0 aromatic carbocycles. The van der Waals surface area contributed by atoms with Gasteiger partial charge in [0.15, 0.2) is 0 Å². The van der Waals surface area contributed by atoms with E-state index < -0.39 is 0 Å². The van der Waals surface area contributed by atoms with E-state index in [1.807, 2.05) is 11.8 Å². The van der Waals surface area contributed by atoms with Crippen LogP contribution in [0.3, 0.4) is 0 Å². The van der Waals surface area contributed by atoms with Gasteiger partial charge >= 0.3 is 6.03 Å². The monoisotopic (exact) mass is 238 g/mol. The van der Waals surface area contributed by atoms with Crippen LogP contribution in [0.5, 0.6) is 0 Å². The molecule has 0 bridgehead atoms. The molecule has 96 valence electrons. The first kappa shape index (κ1) is 12.2. The van der Waals surface area contributed by atoms with Gasteiger partial charge in [-0.2, -0.15) is 0 Å². The fourth-order valence-corrected chi connectivity index (χ4v) is 2.29. The highest BCUT2D eigenvalue weighted by Crippen LogP contribution is 2.30. The molecule has 2 rings (SSSR count). The number of hydrogen-bond acceptors (Lipinski definition) is 2. The SMILES string of the molecule is CC1(C(=N)N)CCN(C(=O)NC2CCC2)CC1. The zero-order valence-electron chi connectivity index (χ0n) is 10.5. The van der Waals surface area contributed by atoms with Crippen LogP contribution < -0.4 is 11.1 Å². The molecule has 1 aliphatic carbocycles. The van der Waals surface area contributed by atoms with Crippen LogP contribution in [-0.2, 0) is 0 Å². The van der Waals surface area contributed by atoms with Crippen LogP contribution in [0, 0.1) is 10.8 Å². The van der Waals surface area contributed by atoms with Crippen LogP contribution in [0.25, 0.3) is 0 Å². The summed E-state index contributed by atoms with van der Waals surface area (Å²) in [6.07, 6.45) is 5.05. The van der Waals surface area contributed by atoms with Gasteiger partial charge in [-0.3, -0.25) is 5.41 Å². The maximum absolute atomic E-state index is 11.9. The Morgan fingerprint density at radius 1 is 1.41 bits per heavy atom. The second-order valence-corrected chi connectivity index (χ2v) is 5.54. The Bertz CT molecular complexity index is 316. The second kappa shape index (κ2) is 4.55. The summed E-state index contributed by atoms with van der Waals surface area (Å²) in [7, 11) is 0. The predicted molar refractivity (Wildman–Crippen MR) is 67.0 cm³/mol. The third-order valence-corrected chi connectivity index (χ3v) is 4.24. The topological polar surface area (TPSA) is 82.2 Å². The van der Waals surface area contributed by atoms with Crippen LogP contribution in [0.15, 0.2) is 0 Å². The van der Waals surface area contributed by atoms with E-state index in [0.717, 1.165) is 25.7 Å². The molecule has 2 amide bonds. The Morgan fingerprint density at radius 3 is 2.41 bits per heavy atom. The highest BCUT2D eigenvalue weighted by atomic mass is 16.2. The molecule has 0 aromatic rings. The lowest BCUT2D eigenvalue weighted by Crippen LogP contribution is -2.52. The number of likely N-dealkylation sites (tertiary alicyclic amines) is 1. The van der Waals surface area contributed by atoms with Gasteiger partial charge in [-0.25, -0.2) is 4.79 Å². The van der Waals surface area contributed by atoms with Crippen molar-refractivity contribution in [3.63, 3.8) is 0 Å². The third kappa shape index (κ3) is 2.53. The smallest absolute Gasteiger partial charge is 0.317 e. The molecule has 2 aliphatic rings. The lowest BCUT2D eigenvalue weighted by atomic mass is 9.79. The molecule has 5 heteroatoms. The number of amides is 2. The van der Waals surface area contributed by atoms with Crippen molar-refractivity contribution < 1.29 is 4.79 Å². The van der Waals surface area contributed by atoms with E-state index in [1.54, 1.807) is 0 Å². The van der Waals surface area contributed by atoms with Crippen molar-refractivity contribution in [1.82, 2.24) is 10.2 Å². The van der Waals surface area contributed by atoms with Crippen molar-refractivity contribution in [3.8, 4) is 0 Å². The number of amidine groups is 1. The quantitative estimate of drug-likeness (QED) is 0.500. The minimum absolute atomic E-state index is 0.0558. The van der Waals surface area contributed by atoms with Gasteiger partial charge in [-0.15, -0.1) is 0 Å². The highest BCUT2D eigenvalue weighted by Gasteiger charge is 2.35. The average molecular weight is 238 g/mol. The van der Waals surface area contributed by atoms with Crippen molar-refractivity contribution in [2.24, 2.45) is 11.1 Å². The fourth-order valence-electron chi connectivity index (χ4n) is 2.29. The third-order valence-electron chi connectivity index (χ3n) is 4.24. The van der Waals surface area contributed by atoms with Crippen LogP contribution in [0.4, 0.5) is 4.79 Å². The summed E-state index contributed by atoms with van der Waals surface area (Å²) in [4.78, 5) is 13.8. The maximum atomic E-state index is 11.9. The number of nitrogens with one attached hydrogen (secondary N) is 2. The molecule has 1 aliphatic heterocycles. The molecule has 0 atom stereocenters. The second-order valence-electron chi connectivity index (χ2n) is 5.54. The van der Waals surface area contributed by atoms with Gasteiger partial charge in [0.2, 0.25) is 0 Å². The van der Waals surface area contributed by atoms with Crippen molar-refractivity contribution in [2.45, 2.75) is 45.1 Å². The number of hydrogen-bond donors (Lipinski definition) is 3. The van der Waals surface area contributed by atoms with Crippen LogP contribution in [-0.4, -0.2) is 35.9 Å². The number of urea groups is 1. The highest BCUT2D eigenvalue weighted by molar-refractivity contribution is 5.83. The Morgan fingerprint density at radius 2 is 2.00 bits per heavy atom. The standard InChI is InChI=1S/C12H22N4O/c1-12(10(13)14)5-7-16(8-6-12)11(17)15-9-3-2-4-9/h9H,2-8H2,1H3,(H3,13,14)(H,15,17). The first-order chi connectivity index (χ1) is 8.01. The van der Waals surface area contributed by atoms with Gasteiger partial charge in [-0.05, 0) is 32.1 Å². The molecule has 2 fully saturated rings. The number of nitrogens with zero attached hydrogens (tertiary/aromatic N) is 1. The number of carbonyl (C=O) groups is 1. The number of piperidine rings is 1. The Balaban J connectivity index is 1.81. The molecular weight excluding hydrogens is 216 g/mol. The summed E-state index contributed by atoms with van der Waals surface area (Å²) < 4.78 is 0. The average Bonchev–Trinajstić information content (AvgIpc) is 2.24. The molecular formula is C12H22N4O. The minimum atomic E-state index is -0.215. The summed E-state index contributed by atoms with van der Waals surface area (Å²) >= 11 is 0. The molecule has 0 radical (unpaired) electrons. The summed E-state index contributed by atoms with van der Waals surface area (Å²) in [5, 5.41) is 10.6. The van der Waals surface area contributed by atoms with Crippen LogP contribution in [0.2, 0.25) is 0 Å². The molecule has 1 saturated carbocycles. The first-order valence-corrected chi connectivity index (χ1v) is 6.41. The minimum Gasteiger partial charge on any atom is -0.387 e.